The van der Waals surface area contributed by atoms with Crippen molar-refractivity contribution in [1.29, 1.82) is 0 Å². The number of nitrogens with two attached hydrogens (primary N) is 1. The van der Waals surface area contributed by atoms with Crippen molar-refractivity contribution in [2.24, 2.45) is 0 Å². The summed E-state index contributed by atoms with van der Waals surface area (Å²) in [6, 6.07) is 8.16. The van der Waals surface area contributed by atoms with E-state index >= 15 is 0 Å². The van der Waals surface area contributed by atoms with Crippen molar-refractivity contribution in [1.82, 2.24) is 0 Å². The molecular weight excluding hydrogens is 222 g/mol. The zero-order valence-corrected chi connectivity index (χ0v) is 11.2. The molecule has 0 atom stereocenters. The van der Waals surface area contributed by atoms with E-state index in [1.807, 2.05) is 12.1 Å². The molecule has 2 heteroatoms. The summed E-state index contributed by atoms with van der Waals surface area (Å²) in [5.41, 5.74) is 7.94. The molecule has 0 aromatic heterocycles. The molecule has 0 amide bonds. The SMILES string of the molecule is Nc1cccc(CCCOC2CCCCCC2)c1. The molecule has 18 heavy (non-hydrogen) atoms. The van der Waals surface area contributed by atoms with Crippen molar-refractivity contribution in [2.45, 2.75) is 57.5 Å². The first kappa shape index (κ1) is 13.4. The zero-order valence-electron chi connectivity index (χ0n) is 11.2. The Labute approximate surface area is 111 Å². The van der Waals surface area contributed by atoms with E-state index in [1.54, 1.807) is 0 Å². The van der Waals surface area contributed by atoms with Gasteiger partial charge in [-0.05, 0) is 43.4 Å². The Bertz CT molecular complexity index is 343. The molecule has 100 valence electrons. The molecule has 2 nitrogen and oxygen atoms in total. The molecule has 0 bridgehead atoms. The second-order valence-electron chi connectivity index (χ2n) is 5.33. The Morgan fingerprint density at radius 2 is 1.89 bits per heavy atom. The lowest BCUT2D eigenvalue weighted by molar-refractivity contribution is 0.0419. The van der Waals surface area contributed by atoms with Gasteiger partial charge in [-0.15, -0.1) is 0 Å². The van der Waals surface area contributed by atoms with Crippen LogP contribution in [0.1, 0.15) is 50.5 Å². The van der Waals surface area contributed by atoms with Crippen LogP contribution in [0.2, 0.25) is 0 Å². The molecule has 0 aliphatic heterocycles. The lowest BCUT2D eigenvalue weighted by Crippen LogP contribution is -2.12. The predicted molar refractivity (Wildman–Crippen MR) is 76.6 cm³/mol. The first-order chi connectivity index (χ1) is 8.84. The van der Waals surface area contributed by atoms with Gasteiger partial charge in [-0.25, -0.2) is 0 Å². The van der Waals surface area contributed by atoms with E-state index < -0.39 is 0 Å². The van der Waals surface area contributed by atoms with Crippen molar-refractivity contribution < 1.29 is 4.74 Å². The maximum atomic E-state index is 5.98. The standard InChI is InChI=1S/C16H25NO/c17-15-9-5-7-14(13-15)8-6-12-18-16-10-3-1-2-4-11-16/h5,7,9,13,16H,1-4,6,8,10-12,17H2. The number of hydrogen-bond donors (Lipinski definition) is 1. The summed E-state index contributed by atoms with van der Waals surface area (Å²) in [6.07, 6.45) is 10.7. The number of hydrogen-bond acceptors (Lipinski definition) is 2. The predicted octanol–water partition coefficient (Wildman–Crippen LogP) is 3.94. The number of aryl methyl sites for hydroxylation is 1. The lowest BCUT2D eigenvalue weighted by Gasteiger charge is -2.15. The monoisotopic (exact) mass is 247 g/mol. The van der Waals surface area contributed by atoms with Crippen LogP contribution in [0, 0.1) is 0 Å². The molecular formula is C16H25NO. The van der Waals surface area contributed by atoms with Crippen LogP contribution >= 0.6 is 0 Å². The van der Waals surface area contributed by atoms with Gasteiger partial charge >= 0.3 is 0 Å². The van der Waals surface area contributed by atoms with Gasteiger partial charge in [-0.3, -0.25) is 0 Å². The highest BCUT2D eigenvalue weighted by molar-refractivity contribution is 5.40. The van der Waals surface area contributed by atoms with Crippen LogP contribution in [0.4, 0.5) is 5.69 Å². The molecule has 1 aromatic rings. The fraction of sp³-hybridized carbons (Fsp3) is 0.625. The third kappa shape index (κ3) is 4.69. The molecule has 1 aliphatic rings. The van der Waals surface area contributed by atoms with E-state index in [9.17, 15) is 0 Å². The summed E-state index contributed by atoms with van der Waals surface area (Å²) in [6.45, 7) is 0.888. The van der Waals surface area contributed by atoms with Gasteiger partial charge in [0.15, 0.2) is 0 Å². The van der Waals surface area contributed by atoms with E-state index in [0.29, 0.717) is 6.10 Å². The third-order valence-electron chi connectivity index (χ3n) is 3.72. The average molecular weight is 247 g/mol. The summed E-state index contributed by atoms with van der Waals surface area (Å²) in [5, 5.41) is 0. The minimum atomic E-state index is 0.522. The summed E-state index contributed by atoms with van der Waals surface area (Å²) >= 11 is 0. The van der Waals surface area contributed by atoms with Crippen molar-refractivity contribution in [3.63, 3.8) is 0 Å². The Morgan fingerprint density at radius 1 is 1.11 bits per heavy atom. The van der Waals surface area contributed by atoms with Crippen LogP contribution in [0.25, 0.3) is 0 Å². The maximum Gasteiger partial charge on any atom is 0.0575 e. The third-order valence-corrected chi connectivity index (χ3v) is 3.72. The normalized spacial score (nSPS) is 17.6. The number of nitrogen functional groups attached to an aromatic ring is 1. The Balaban J connectivity index is 1.63. The first-order valence-corrected chi connectivity index (χ1v) is 7.30. The summed E-state index contributed by atoms with van der Waals surface area (Å²) in [5.74, 6) is 0. The van der Waals surface area contributed by atoms with Crippen molar-refractivity contribution >= 4 is 5.69 Å². The molecule has 0 saturated heterocycles. The molecule has 1 saturated carbocycles. The quantitative estimate of drug-likeness (QED) is 0.486. The summed E-state index contributed by atoms with van der Waals surface area (Å²) < 4.78 is 5.98. The van der Waals surface area contributed by atoms with Crippen LogP contribution in [0.3, 0.4) is 0 Å². The molecule has 0 unspecified atom stereocenters. The molecule has 1 aromatic carbocycles. The van der Waals surface area contributed by atoms with Crippen molar-refractivity contribution in [3.05, 3.63) is 29.8 Å². The molecule has 0 radical (unpaired) electrons. The van der Waals surface area contributed by atoms with Gasteiger partial charge in [-0.2, -0.15) is 0 Å². The van der Waals surface area contributed by atoms with E-state index in [0.717, 1.165) is 25.1 Å². The highest BCUT2D eigenvalue weighted by Gasteiger charge is 2.11. The largest absolute Gasteiger partial charge is 0.399 e. The zero-order chi connectivity index (χ0) is 12.6. The van der Waals surface area contributed by atoms with Crippen LogP contribution in [-0.4, -0.2) is 12.7 Å². The van der Waals surface area contributed by atoms with Crippen LogP contribution in [-0.2, 0) is 11.2 Å². The molecule has 2 rings (SSSR count). The van der Waals surface area contributed by atoms with E-state index in [-0.39, 0.29) is 0 Å². The fourth-order valence-electron chi connectivity index (χ4n) is 2.68. The summed E-state index contributed by atoms with van der Waals surface area (Å²) in [7, 11) is 0. The smallest absolute Gasteiger partial charge is 0.0575 e. The Morgan fingerprint density at radius 3 is 2.61 bits per heavy atom. The van der Waals surface area contributed by atoms with Crippen LogP contribution in [0.15, 0.2) is 24.3 Å². The topological polar surface area (TPSA) is 35.2 Å². The van der Waals surface area contributed by atoms with Gasteiger partial charge in [-0.1, -0.05) is 37.8 Å². The maximum absolute atomic E-state index is 5.98. The molecule has 1 fully saturated rings. The summed E-state index contributed by atoms with van der Waals surface area (Å²) in [4.78, 5) is 0. The fourth-order valence-corrected chi connectivity index (χ4v) is 2.68. The van der Waals surface area contributed by atoms with E-state index in [2.05, 4.69) is 12.1 Å². The highest BCUT2D eigenvalue weighted by atomic mass is 16.5. The van der Waals surface area contributed by atoms with Crippen LogP contribution in [0.5, 0.6) is 0 Å². The van der Waals surface area contributed by atoms with Crippen LogP contribution < -0.4 is 5.73 Å². The van der Waals surface area contributed by atoms with Gasteiger partial charge < -0.3 is 10.5 Å². The number of ether oxygens (including phenoxy) is 1. The second-order valence-corrected chi connectivity index (χ2v) is 5.33. The minimum Gasteiger partial charge on any atom is -0.399 e. The van der Waals surface area contributed by atoms with Gasteiger partial charge in [0.1, 0.15) is 0 Å². The van der Waals surface area contributed by atoms with Crippen molar-refractivity contribution in [3.8, 4) is 0 Å². The molecule has 1 aliphatic carbocycles. The van der Waals surface area contributed by atoms with E-state index in [1.165, 1.54) is 44.1 Å². The Kier molecular flexibility index (Phi) is 5.53. The minimum absolute atomic E-state index is 0.522. The van der Waals surface area contributed by atoms with Gasteiger partial charge in [0.05, 0.1) is 6.10 Å². The Hall–Kier alpha value is -1.02. The average Bonchev–Trinajstić information content (AvgIpc) is 2.63. The molecule has 0 heterocycles. The highest BCUT2D eigenvalue weighted by Crippen LogP contribution is 2.20. The number of anilines is 1. The first-order valence-electron chi connectivity index (χ1n) is 7.30. The van der Waals surface area contributed by atoms with E-state index in [4.69, 9.17) is 10.5 Å². The molecule has 2 N–H and O–H groups in total. The van der Waals surface area contributed by atoms with Gasteiger partial charge in [0, 0.05) is 12.3 Å². The second kappa shape index (κ2) is 7.42. The van der Waals surface area contributed by atoms with Crippen molar-refractivity contribution in [2.75, 3.05) is 12.3 Å². The van der Waals surface area contributed by atoms with Gasteiger partial charge in [0.25, 0.3) is 0 Å². The molecule has 0 spiro atoms. The van der Waals surface area contributed by atoms with Gasteiger partial charge in [0.2, 0.25) is 0 Å². The lowest BCUT2D eigenvalue weighted by atomic mass is 10.1. The number of benzene rings is 1. The number of rotatable bonds is 5.